The van der Waals surface area contributed by atoms with Gasteiger partial charge in [-0.1, -0.05) is 41.4 Å². The predicted molar refractivity (Wildman–Crippen MR) is 97.6 cm³/mol. The Labute approximate surface area is 152 Å². The molecule has 0 aromatic heterocycles. The zero-order valence-corrected chi connectivity index (χ0v) is 15.2. The van der Waals surface area contributed by atoms with Gasteiger partial charge in [0, 0.05) is 23.1 Å². The van der Waals surface area contributed by atoms with Gasteiger partial charge in [0.15, 0.2) is 0 Å². The van der Waals surface area contributed by atoms with Gasteiger partial charge in [0.05, 0.1) is 13.7 Å². The van der Waals surface area contributed by atoms with E-state index in [1.165, 1.54) is 0 Å². The summed E-state index contributed by atoms with van der Waals surface area (Å²) in [6.45, 7) is 1.33. The summed E-state index contributed by atoms with van der Waals surface area (Å²) in [5.41, 5.74) is 1.93. The Bertz CT molecular complexity index is 707. The van der Waals surface area contributed by atoms with E-state index in [0.717, 1.165) is 16.9 Å². The molecule has 0 spiro atoms. The maximum absolute atomic E-state index is 12.1. The first-order chi connectivity index (χ1) is 11.5. The second-order valence-electron chi connectivity index (χ2n) is 5.54. The molecule has 24 heavy (non-hydrogen) atoms. The molecule has 0 saturated heterocycles. The van der Waals surface area contributed by atoms with Gasteiger partial charge in [-0.05, 0) is 42.4 Å². The van der Waals surface area contributed by atoms with E-state index in [2.05, 4.69) is 5.32 Å². The van der Waals surface area contributed by atoms with Gasteiger partial charge in [0.25, 0.3) is 0 Å². The number of amides is 1. The van der Waals surface area contributed by atoms with Crippen LogP contribution in [0, 0.1) is 0 Å². The summed E-state index contributed by atoms with van der Waals surface area (Å²) in [6.07, 6.45) is 0. The Hall–Kier alpha value is -1.75. The average molecular weight is 367 g/mol. The summed E-state index contributed by atoms with van der Waals surface area (Å²) in [7, 11) is 3.53. The molecule has 2 aromatic rings. The van der Waals surface area contributed by atoms with Crippen molar-refractivity contribution in [2.24, 2.45) is 0 Å². The minimum Gasteiger partial charge on any atom is -0.497 e. The molecule has 0 saturated carbocycles. The van der Waals surface area contributed by atoms with Gasteiger partial charge in [0.2, 0.25) is 5.91 Å². The van der Waals surface area contributed by atoms with Gasteiger partial charge in [0.1, 0.15) is 5.75 Å². The van der Waals surface area contributed by atoms with Crippen molar-refractivity contribution in [1.29, 1.82) is 0 Å². The van der Waals surface area contributed by atoms with Gasteiger partial charge in [-0.15, -0.1) is 0 Å². The number of nitrogens with zero attached hydrogens (tertiary/aromatic N) is 1. The van der Waals surface area contributed by atoms with E-state index >= 15 is 0 Å². The Kier molecular flexibility index (Phi) is 6.91. The maximum Gasteiger partial charge on any atom is 0.234 e. The lowest BCUT2D eigenvalue weighted by atomic mass is 10.2. The van der Waals surface area contributed by atoms with Crippen LogP contribution in [0.5, 0.6) is 5.75 Å². The second kappa shape index (κ2) is 8.92. The molecular formula is C18H20Cl2N2O2. The van der Waals surface area contributed by atoms with Crippen molar-refractivity contribution < 1.29 is 9.53 Å². The van der Waals surface area contributed by atoms with E-state index in [1.54, 1.807) is 19.2 Å². The van der Waals surface area contributed by atoms with Crippen LogP contribution in [0.15, 0.2) is 42.5 Å². The molecule has 1 amide bonds. The molecule has 128 valence electrons. The summed E-state index contributed by atoms with van der Waals surface area (Å²) >= 11 is 12.0. The number of rotatable bonds is 7. The average Bonchev–Trinajstić information content (AvgIpc) is 2.54. The van der Waals surface area contributed by atoms with Crippen molar-refractivity contribution in [3.8, 4) is 5.75 Å². The molecule has 0 unspecified atom stereocenters. The maximum atomic E-state index is 12.1. The number of benzene rings is 2. The fraction of sp³-hybridized carbons (Fsp3) is 0.278. The Morgan fingerprint density at radius 3 is 2.71 bits per heavy atom. The van der Waals surface area contributed by atoms with Crippen molar-refractivity contribution in [2.75, 3.05) is 20.7 Å². The second-order valence-corrected chi connectivity index (χ2v) is 6.38. The van der Waals surface area contributed by atoms with Crippen LogP contribution in [-0.4, -0.2) is 31.5 Å². The van der Waals surface area contributed by atoms with E-state index in [-0.39, 0.29) is 5.91 Å². The van der Waals surface area contributed by atoms with Crippen LogP contribution in [0.3, 0.4) is 0 Å². The molecule has 0 aliphatic rings. The van der Waals surface area contributed by atoms with Crippen LogP contribution in [0.25, 0.3) is 0 Å². The van der Waals surface area contributed by atoms with Crippen molar-refractivity contribution in [2.45, 2.75) is 13.1 Å². The van der Waals surface area contributed by atoms with Crippen LogP contribution in [0.1, 0.15) is 11.1 Å². The van der Waals surface area contributed by atoms with E-state index < -0.39 is 0 Å². The minimum absolute atomic E-state index is 0.0635. The molecule has 6 heteroatoms. The lowest BCUT2D eigenvalue weighted by molar-refractivity contribution is -0.122. The summed E-state index contributed by atoms with van der Waals surface area (Å²) < 4.78 is 5.20. The van der Waals surface area contributed by atoms with Crippen molar-refractivity contribution in [3.05, 3.63) is 63.6 Å². The van der Waals surface area contributed by atoms with Crippen LogP contribution < -0.4 is 10.1 Å². The lowest BCUT2D eigenvalue weighted by Crippen LogP contribution is -2.34. The smallest absolute Gasteiger partial charge is 0.234 e. The van der Waals surface area contributed by atoms with Gasteiger partial charge in [-0.3, -0.25) is 9.69 Å². The molecule has 0 radical (unpaired) electrons. The molecule has 1 N–H and O–H groups in total. The largest absolute Gasteiger partial charge is 0.497 e. The number of hydrogen-bond acceptors (Lipinski definition) is 3. The highest BCUT2D eigenvalue weighted by molar-refractivity contribution is 6.35. The first-order valence-corrected chi connectivity index (χ1v) is 8.25. The summed E-state index contributed by atoms with van der Waals surface area (Å²) in [4.78, 5) is 14.0. The molecule has 0 heterocycles. The van der Waals surface area contributed by atoms with Crippen LogP contribution in [-0.2, 0) is 17.9 Å². The predicted octanol–water partition coefficient (Wildman–Crippen LogP) is 3.75. The Balaban J connectivity index is 1.82. The Morgan fingerprint density at radius 2 is 2.00 bits per heavy atom. The van der Waals surface area contributed by atoms with Gasteiger partial charge in [-0.2, -0.15) is 0 Å². The van der Waals surface area contributed by atoms with Gasteiger partial charge in [-0.25, -0.2) is 0 Å². The van der Waals surface area contributed by atoms with Crippen LogP contribution in [0.2, 0.25) is 10.0 Å². The van der Waals surface area contributed by atoms with Gasteiger partial charge >= 0.3 is 0 Å². The van der Waals surface area contributed by atoms with Crippen LogP contribution >= 0.6 is 23.2 Å². The molecule has 0 fully saturated rings. The molecule has 0 atom stereocenters. The van der Waals surface area contributed by atoms with Crippen LogP contribution in [0.4, 0.5) is 0 Å². The number of ether oxygens (including phenoxy) is 1. The zero-order valence-electron chi connectivity index (χ0n) is 13.7. The zero-order chi connectivity index (χ0) is 17.5. The highest BCUT2D eigenvalue weighted by Crippen LogP contribution is 2.20. The minimum atomic E-state index is -0.0635. The third kappa shape index (κ3) is 5.71. The standard InChI is InChI=1S/C18H20Cl2N2O2/c1-22(11-13-4-3-5-16(8-13)24-2)12-18(23)21-10-14-6-7-15(19)9-17(14)20/h3-9H,10-12H2,1-2H3,(H,21,23). The van der Waals surface area contributed by atoms with E-state index in [4.69, 9.17) is 27.9 Å². The number of nitrogens with one attached hydrogen (secondary N) is 1. The molecule has 0 bridgehead atoms. The Morgan fingerprint density at radius 1 is 1.21 bits per heavy atom. The summed E-state index contributed by atoms with van der Waals surface area (Å²) in [5, 5.41) is 3.99. The summed E-state index contributed by atoms with van der Waals surface area (Å²) in [5.74, 6) is 0.745. The fourth-order valence-corrected chi connectivity index (χ4v) is 2.77. The highest BCUT2D eigenvalue weighted by atomic mass is 35.5. The SMILES string of the molecule is COc1cccc(CN(C)CC(=O)NCc2ccc(Cl)cc2Cl)c1. The molecular weight excluding hydrogens is 347 g/mol. The number of methoxy groups -OCH3 is 1. The number of carbonyl (C=O) groups is 1. The molecule has 0 aliphatic carbocycles. The first-order valence-electron chi connectivity index (χ1n) is 7.50. The van der Waals surface area contributed by atoms with Gasteiger partial charge < -0.3 is 10.1 Å². The van der Waals surface area contributed by atoms with E-state index in [0.29, 0.717) is 29.7 Å². The van der Waals surface area contributed by atoms with Crippen molar-refractivity contribution >= 4 is 29.1 Å². The topological polar surface area (TPSA) is 41.6 Å². The lowest BCUT2D eigenvalue weighted by Gasteiger charge is -2.17. The number of carbonyl (C=O) groups excluding carboxylic acids is 1. The number of likely N-dealkylation sites (N-methyl/N-ethyl adjacent to an activating group) is 1. The molecule has 4 nitrogen and oxygen atoms in total. The monoisotopic (exact) mass is 366 g/mol. The molecule has 0 aliphatic heterocycles. The fourth-order valence-electron chi connectivity index (χ4n) is 2.30. The normalized spacial score (nSPS) is 10.7. The van der Waals surface area contributed by atoms with Crippen molar-refractivity contribution in [3.63, 3.8) is 0 Å². The van der Waals surface area contributed by atoms with Crippen molar-refractivity contribution in [1.82, 2.24) is 10.2 Å². The quantitative estimate of drug-likeness (QED) is 0.811. The number of halogens is 2. The van der Waals surface area contributed by atoms with E-state index in [9.17, 15) is 4.79 Å². The third-order valence-corrected chi connectivity index (χ3v) is 4.08. The van der Waals surface area contributed by atoms with E-state index in [1.807, 2.05) is 42.3 Å². The first kappa shape index (κ1) is 18.6. The third-order valence-electron chi connectivity index (χ3n) is 3.49. The summed E-state index contributed by atoms with van der Waals surface area (Å²) in [6, 6.07) is 13.0. The molecule has 2 aromatic carbocycles. The highest BCUT2D eigenvalue weighted by Gasteiger charge is 2.09. The number of hydrogen-bond donors (Lipinski definition) is 1. The molecule has 2 rings (SSSR count).